The zero-order valence-corrected chi connectivity index (χ0v) is 47.5. The van der Waals surface area contributed by atoms with Gasteiger partial charge in [0.25, 0.3) is 0 Å². The van der Waals surface area contributed by atoms with Crippen molar-refractivity contribution in [2.75, 3.05) is 26.4 Å². The number of esters is 2. The van der Waals surface area contributed by atoms with E-state index in [0.29, 0.717) is 6.42 Å². The van der Waals surface area contributed by atoms with Gasteiger partial charge < -0.3 is 20.1 Å². The lowest BCUT2D eigenvalue weighted by molar-refractivity contribution is -0.161. The lowest BCUT2D eigenvalue weighted by atomic mass is 10.0. The Hall–Kier alpha value is -2.55. The summed E-state index contributed by atoms with van der Waals surface area (Å²) in [5.74, 6) is -0.919. The molecule has 10 heteroatoms. The summed E-state index contributed by atoms with van der Waals surface area (Å²) >= 11 is 0. The van der Waals surface area contributed by atoms with Crippen molar-refractivity contribution in [3.63, 3.8) is 0 Å². The fourth-order valence-electron chi connectivity index (χ4n) is 8.49. The van der Waals surface area contributed by atoms with Crippen LogP contribution in [-0.4, -0.2) is 49.3 Å². The summed E-state index contributed by atoms with van der Waals surface area (Å²) < 4.78 is 32.9. The molecule has 0 saturated carbocycles. The number of carbonyl (C=O) groups is 2. The van der Waals surface area contributed by atoms with Crippen molar-refractivity contribution in [2.24, 2.45) is 5.73 Å². The second kappa shape index (κ2) is 57.7. The van der Waals surface area contributed by atoms with Gasteiger partial charge in [-0.2, -0.15) is 0 Å². The van der Waals surface area contributed by atoms with Crippen LogP contribution in [0.1, 0.15) is 277 Å². The van der Waals surface area contributed by atoms with E-state index in [-0.39, 0.29) is 32.6 Å². The molecule has 0 bridgehead atoms. The first-order valence-electron chi connectivity index (χ1n) is 29.9. The SMILES string of the molecule is CC/C=C\C/C=C\C/C=C\C/C=C\C/C=C\C/C=C\CCC(=O)OC(COC(=O)CCCCCCCCCCCCCCCCCCCCCCCCCCCCCCCCCC)COP(=O)(O)OCCN. The molecule has 0 aromatic carbocycles. The quantitative estimate of drug-likeness (QED) is 0.0264. The Kier molecular flexibility index (Phi) is 55.7. The first-order chi connectivity index (χ1) is 35.3. The molecule has 0 heterocycles. The predicted octanol–water partition coefficient (Wildman–Crippen LogP) is 18.9. The van der Waals surface area contributed by atoms with Crippen molar-refractivity contribution in [3.05, 3.63) is 72.9 Å². The molecule has 0 saturated heterocycles. The van der Waals surface area contributed by atoms with Crippen LogP contribution in [0.15, 0.2) is 72.9 Å². The second-order valence-electron chi connectivity index (χ2n) is 19.8. The van der Waals surface area contributed by atoms with Crippen molar-refractivity contribution in [2.45, 2.75) is 283 Å². The zero-order chi connectivity index (χ0) is 52.4. The number of rotatable bonds is 56. The summed E-state index contributed by atoms with van der Waals surface area (Å²) in [6.07, 6.45) is 74.3. The van der Waals surface area contributed by atoms with Gasteiger partial charge in [-0.3, -0.25) is 18.6 Å². The highest BCUT2D eigenvalue weighted by Crippen LogP contribution is 2.43. The van der Waals surface area contributed by atoms with Crippen LogP contribution < -0.4 is 5.73 Å². The van der Waals surface area contributed by atoms with Gasteiger partial charge in [-0.25, -0.2) is 4.57 Å². The minimum atomic E-state index is -4.41. The molecular weight excluding hydrogens is 918 g/mol. The van der Waals surface area contributed by atoms with Crippen LogP contribution in [0.25, 0.3) is 0 Å². The van der Waals surface area contributed by atoms with Gasteiger partial charge in [-0.1, -0.05) is 286 Å². The summed E-state index contributed by atoms with van der Waals surface area (Å²) in [6.45, 7) is 3.57. The largest absolute Gasteiger partial charge is 0.472 e. The number of carbonyl (C=O) groups excluding carboxylic acids is 2. The first kappa shape index (κ1) is 69.5. The highest BCUT2D eigenvalue weighted by molar-refractivity contribution is 7.47. The maximum absolute atomic E-state index is 12.6. The van der Waals surface area contributed by atoms with Crippen LogP contribution in [0.2, 0.25) is 0 Å². The lowest BCUT2D eigenvalue weighted by Crippen LogP contribution is -2.29. The summed E-state index contributed by atoms with van der Waals surface area (Å²) in [4.78, 5) is 35.1. The standard InChI is InChI=1S/C62H112NO8P/c1-3-5-7-9-11-13-15-17-19-21-23-24-25-26-27-28-29-30-31-32-33-34-35-37-38-40-42-44-46-48-50-52-54-61(64)68-58-60(59-70-72(66,67)69-57-56-63)71-62(65)55-53-51-49-47-45-43-41-39-36-22-20-18-16-14-12-10-8-6-4-2/h6,8,12,14,18,20,36,39,43,45,49,51,60H,3-5,7,9-11,13,15-17,19,21-35,37-38,40-42,44,46-48,50,52-59,63H2,1-2H3,(H,66,67)/b8-6-,14-12-,20-18-,39-36-,45-43-,51-49-. The minimum Gasteiger partial charge on any atom is -0.462 e. The van der Waals surface area contributed by atoms with Gasteiger partial charge >= 0.3 is 19.8 Å². The van der Waals surface area contributed by atoms with Gasteiger partial charge in [0.05, 0.1) is 13.2 Å². The molecule has 2 atom stereocenters. The molecule has 2 unspecified atom stereocenters. The molecule has 0 spiro atoms. The summed E-state index contributed by atoms with van der Waals surface area (Å²) in [5, 5.41) is 0. The van der Waals surface area contributed by atoms with E-state index in [1.54, 1.807) is 0 Å². The van der Waals surface area contributed by atoms with Crippen LogP contribution >= 0.6 is 7.82 Å². The lowest BCUT2D eigenvalue weighted by Gasteiger charge is -2.19. The number of nitrogens with two attached hydrogens (primary N) is 1. The molecule has 3 N–H and O–H groups in total. The number of unbranched alkanes of at least 4 members (excludes halogenated alkanes) is 31. The molecule has 0 aliphatic carbocycles. The Labute approximate surface area is 443 Å². The van der Waals surface area contributed by atoms with Gasteiger partial charge in [-0.05, 0) is 51.4 Å². The molecular formula is C62H112NO8P. The molecule has 0 amide bonds. The number of hydrogen-bond acceptors (Lipinski definition) is 8. The maximum Gasteiger partial charge on any atom is 0.472 e. The Bertz CT molecular complexity index is 1410. The van der Waals surface area contributed by atoms with E-state index in [0.717, 1.165) is 57.8 Å². The highest BCUT2D eigenvalue weighted by Gasteiger charge is 2.26. The average molecular weight is 1030 g/mol. The van der Waals surface area contributed by atoms with Crippen molar-refractivity contribution in [3.8, 4) is 0 Å². The van der Waals surface area contributed by atoms with Gasteiger partial charge in [0.15, 0.2) is 6.10 Å². The van der Waals surface area contributed by atoms with Crippen LogP contribution in [0.3, 0.4) is 0 Å². The van der Waals surface area contributed by atoms with E-state index >= 15 is 0 Å². The second-order valence-corrected chi connectivity index (χ2v) is 21.3. The number of hydrogen-bond donors (Lipinski definition) is 2. The van der Waals surface area contributed by atoms with Gasteiger partial charge in [0, 0.05) is 19.4 Å². The third kappa shape index (κ3) is 56.7. The summed E-state index contributed by atoms with van der Waals surface area (Å²) in [5.41, 5.74) is 5.37. The summed E-state index contributed by atoms with van der Waals surface area (Å²) in [6, 6.07) is 0. The third-order valence-electron chi connectivity index (χ3n) is 12.9. The first-order valence-corrected chi connectivity index (χ1v) is 31.4. The van der Waals surface area contributed by atoms with E-state index < -0.39 is 32.5 Å². The Morgan fingerprint density at radius 1 is 0.431 bits per heavy atom. The Balaban J connectivity index is 3.93. The molecule has 9 nitrogen and oxygen atoms in total. The zero-order valence-electron chi connectivity index (χ0n) is 46.7. The van der Waals surface area contributed by atoms with Gasteiger partial charge in [-0.15, -0.1) is 0 Å². The molecule has 72 heavy (non-hydrogen) atoms. The molecule has 0 aromatic rings. The number of phosphoric ester groups is 1. The van der Waals surface area contributed by atoms with Crippen molar-refractivity contribution >= 4 is 19.8 Å². The van der Waals surface area contributed by atoms with Crippen LogP contribution in [0.4, 0.5) is 0 Å². The van der Waals surface area contributed by atoms with Crippen molar-refractivity contribution in [1.82, 2.24) is 0 Å². The highest BCUT2D eigenvalue weighted by atomic mass is 31.2. The monoisotopic (exact) mass is 1030 g/mol. The Morgan fingerprint density at radius 2 is 0.764 bits per heavy atom. The molecule has 0 fully saturated rings. The number of ether oxygens (including phenoxy) is 2. The molecule has 418 valence electrons. The fraction of sp³-hybridized carbons (Fsp3) is 0.774. The molecule has 0 aliphatic rings. The van der Waals surface area contributed by atoms with Gasteiger partial charge in [0.2, 0.25) is 0 Å². The van der Waals surface area contributed by atoms with E-state index in [4.69, 9.17) is 24.3 Å². The van der Waals surface area contributed by atoms with E-state index in [1.165, 1.54) is 186 Å². The average Bonchev–Trinajstić information content (AvgIpc) is 3.37. The number of allylic oxidation sites excluding steroid dienone is 12. The number of phosphoric acid groups is 1. The van der Waals surface area contributed by atoms with Crippen LogP contribution in [0, 0.1) is 0 Å². The van der Waals surface area contributed by atoms with Crippen LogP contribution in [-0.2, 0) is 32.7 Å². The topological polar surface area (TPSA) is 134 Å². The third-order valence-corrected chi connectivity index (χ3v) is 13.9. The van der Waals surface area contributed by atoms with Crippen molar-refractivity contribution < 1.29 is 37.6 Å². The Morgan fingerprint density at radius 3 is 1.11 bits per heavy atom. The van der Waals surface area contributed by atoms with E-state index in [2.05, 4.69) is 74.6 Å². The van der Waals surface area contributed by atoms with E-state index in [1.807, 2.05) is 12.2 Å². The smallest absolute Gasteiger partial charge is 0.462 e. The predicted molar refractivity (Wildman–Crippen MR) is 307 cm³/mol. The van der Waals surface area contributed by atoms with Crippen molar-refractivity contribution in [1.29, 1.82) is 0 Å². The van der Waals surface area contributed by atoms with Crippen LogP contribution in [0.5, 0.6) is 0 Å². The van der Waals surface area contributed by atoms with E-state index in [9.17, 15) is 19.0 Å². The van der Waals surface area contributed by atoms with Gasteiger partial charge in [0.1, 0.15) is 6.61 Å². The summed E-state index contributed by atoms with van der Waals surface area (Å²) in [7, 11) is -4.41. The maximum atomic E-state index is 12.6. The molecule has 0 radical (unpaired) electrons. The minimum absolute atomic E-state index is 0.0400. The molecule has 0 aromatic heterocycles. The molecule has 0 aliphatic heterocycles. The molecule has 0 rings (SSSR count). The normalized spacial score (nSPS) is 13.6. The fourth-order valence-corrected chi connectivity index (χ4v) is 9.25.